The van der Waals surface area contributed by atoms with E-state index in [2.05, 4.69) is 15.5 Å². The van der Waals surface area contributed by atoms with Crippen molar-refractivity contribution in [3.05, 3.63) is 54.1 Å². The molecule has 1 heterocycles. The number of carbonyl (C=O) groups is 1. The Balaban J connectivity index is 1.66. The number of nitrogens with one attached hydrogen (secondary N) is 1. The lowest BCUT2D eigenvalue weighted by Gasteiger charge is -2.10. The summed E-state index contributed by atoms with van der Waals surface area (Å²) in [5, 5.41) is 10.8. The standard InChI is InChI=1S/C19H19F2N5O2S/c1-11(2)28-14-5-3-4-12(8-14)18-24-25-19(26(18)22)29-10-17(27)23-16-7-6-13(20)9-15(16)21/h3-9,11H,10,22H2,1-2H3,(H,23,27). The molecule has 0 bridgehead atoms. The van der Waals surface area contributed by atoms with Crippen molar-refractivity contribution in [2.45, 2.75) is 25.1 Å². The Kier molecular flexibility index (Phi) is 6.32. The van der Waals surface area contributed by atoms with E-state index in [-0.39, 0.29) is 17.5 Å². The molecule has 1 amide bonds. The van der Waals surface area contributed by atoms with Crippen molar-refractivity contribution in [3.63, 3.8) is 0 Å². The number of thioether (sulfide) groups is 1. The van der Waals surface area contributed by atoms with Gasteiger partial charge in [-0.1, -0.05) is 23.9 Å². The molecule has 0 aliphatic carbocycles. The minimum absolute atomic E-state index is 0.0246. The zero-order valence-corrected chi connectivity index (χ0v) is 16.5. The lowest BCUT2D eigenvalue weighted by atomic mass is 10.2. The second kappa shape index (κ2) is 8.91. The number of anilines is 1. The summed E-state index contributed by atoms with van der Waals surface area (Å²) >= 11 is 1.04. The minimum atomic E-state index is -0.851. The first kappa shape index (κ1) is 20.6. The van der Waals surface area contributed by atoms with E-state index in [9.17, 15) is 13.6 Å². The molecule has 0 saturated heterocycles. The van der Waals surface area contributed by atoms with Crippen LogP contribution in [0.25, 0.3) is 11.4 Å². The van der Waals surface area contributed by atoms with Crippen LogP contribution < -0.4 is 15.9 Å². The van der Waals surface area contributed by atoms with Gasteiger partial charge in [-0.3, -0.25) is 4.79 Å². The van der Waals surface area contributed by atoms with Gasteiger partial charge in [0.05, 0.1) is 17.5 Å². The van der Waals surface area contributed by atoms with Crippen LogP contribution in [0.3, 0.4) is 0 Å². The van der Waals surface area contributed by atoms with E-state index in [0.717, 1.165) is 23.9 Å². The number of halogens is 2. The van der Waals surface area contributed by atoms with E-state index in [1.165, 1.54) is 4.68 Å². The van der Waals surface area contributed by atoms with Crippen LogP contribution in [0.5, 0.6) is 5.75 Å². The molecule has 10 heteroatoms. The molecule has 0 fully saturated rings. The molecule has 0 aliphatic heterocycles. The van der Waals surface area contributed by atoms with E-state index in [1.807, 2.05) is 32.0 Å². The van der Waals surface area contributed by atoms with Crippen LogP contribution in [-0.2, 0) is 4.79 Å². The monoisotopic (exact) mass is 419 g/mol. The van der Waals surface area contributed by atoms with Gasteiger partial charge in [-0.25, -0.2) is 13.5 Å². The average Bonchev–Trinajstić information content (AvgIpc) is 3.02. The Hall–Kier alpha value is -3.14. The lowest BCUT2D eigenvalue weighted by Crippen LogP contribution is -2.17. The second-order valence-electron chi connectivity index (χ2n) is 6.33. The molecule has 3 rings (SSSR count). The van der Waals surface area contributed by atoms with Gasteiger partial charge in [0.2, 0.25) is 11.1 Å². The quantitative estimate of drug-likeness (QED) is 0.450. The van der Waals surface area contributed by atoms with Crippen molar-refractivity contribution < 1.29 is 18.3 Å². The summed E-state index contributed by atoms with van der Waals surface area (Å²) in [6.07, 6.45) is 0.0246. The third-order valence-electron chi connectivity index (χ3n) is 3.67. The molecule has 3 aromatic rings. The highest BCUT2D eigenvalue weighted by molar-refractivity contribution is 7.99. The fraction of sp³-hybridized carbons (Fsp3) is 0.211. The van der Waals surface area contributed by atoms with E-state index < -0.39 is 17.5 Å². The summed E-state index contributed by atoms with van der Waals surface area (Å²) in [5.74, 6) is 5.01. The Morgan fingerprint density at radius 3 is 2.76 bits per heavy atom. The average molecular weight is 419 g/mol. The van der Waals surface area contributed by atoms with E-state index in [1.54, 1.807) is 6.07 Å². The van der Waals surface area contributed by atoms with Crippen LogP contribution >= 0.6 is 11.8 Å². The Labute approximate surface area is 170 Å². The predicted molar refractivity (Wildman–Crippen MR) is 107 cm³/mol. The summed E-state index contributed by atoms with van der Waals surface area (Å²) in [4.78, 5) is 12.1. The molecule has 1 aromatic heterocycles. The van der Waals surface area contributed by atoms with Crippen LogP contribution in [0.1, 0.15) is 13.8 Å². The zero-order chi connectivity index (χ0) is 21.0. The van der Waals surface area contributed by atoms with Crippen molar-refractivity contribution in [1.82, 2.24) is 14.9 Å². The van der Waals surface area contributed by atoms with Crippen LogP contribution in [-0.4, -0.2) is 32.6 Å². The Morgan fingerprint density at radius 2 is 2.03 bits per heavy atom. The molecule has 0 unspecified atom stereocenters. The van der Waals surface area contributed by atoms with Gasteiger partial charge in [-0.15, -0.1) is 10.2 Å². The lowest BCUT2D eigenvalue weighted by molar-refractivity contribution is -0.113. The maximum Gasteiger partial charge on any atom is 0.234 e. The van der Waals surface area contributed by atoms with Crippen LogP contribution in [0, 0.1) is 11.6 Å². The number of benzene rings is 2. The molecule has 2 aromatic carbocycles. The molecule has 29 heavy (non-hydrogen) atoms. The molecule has 3 N–H and O–H groups in total. The van der Waals surface area contributed by atoms with Gasteiger partial charge >= 0.3 is 0 Å². The fourth-order valence-electron chi connectivity index (χ4n) is 2.46. The minimum Gasteiger partial charge on any atom is -0.491 e. The van der Waals surface area contributed by atoms with Crippen LogP contribution in [0.15, 0.2) is 47.6 Å². The molecule has 0 aliphatic rings. The number of nitrogens with two attached hydrogens (primary N) is 1. The number of nitrogen functional groups attached to an aromatic ring is 1. The predicted octanol–water partition coefficient (Wildman–Crippen LogP) is 3.46. The molecule has 152 valence electrons. The normalized spacial score (nSPS) is 10.9. The Bertz CT molecular complexity index is 1030. The largest absolute Gasteiger partial charge is 0.491 e. The summed E-state index contributed by atoms with van der Waals surface area (Å²) in [6, 6.07) is 10.2. The molecular weight excluding hydrogens is 400 g/mol. The van der Waals surface area contributed by atoms with E-state index in [4.69, 9.17) is 10.6 Å². The first-order valence-corrected chi connectivity index (χ1v) is 9.67. The van der Waals surface area contributed by atoms with Gasteiger partial charge in [0.15, 0.2) is 5.82 Å². The first-order valence-electron chi connectivity index (χ1n) is 8.68. The zero-order valence-electron chi connectivity index (χ0n) is 15.7. The summed E-state index contributed by atoms with van der Waals surface area (Å²) in [7, 11) is 0. The smallest absolute Gasteiger partial charge is 0.234 e. The number of nitrogens with zero attached hydrogens (tertiary/aromatic N) is 3. The van der Waals surface area contributed by atoms with Gasteiger partial charge in [0.1, 0.15) is 17.4 Å². The first-order chi connectivity index (χ1) is 13.8. The van der Waals surface area contributed by atoms with Gasteiger partial charge in [-0.05, 0) is 38.1 Å². The van der Waals surface area contributed by atoms with Gasteiger partial charge in [0, 0.05) is 11.6 Å². The van der Waals surface area contributed by atoms with Crippen molar-refractivity contribution >= 4 is 23.4 Å². The van der Waals surface area contributed by atoms with Gasteiger partial charge in [-0.2, -0.15) is 0 Å². The number of ether oxygens (including phenoxy) is 1. The fourth-order valence-corrected chi connectivity index (χ4v) is 3.12. The Morgan fingerprint density at radius 1 is 1.24 bits per heavy atom. The van der Waals surface area contributed by atoms with E-state index >= 15 is 0 Å². The summed E-state index contributed by atoms with van der Waals surface area (Å²) in [6.45, 7) is 3.85. The molecule has 0 saturated carbocycles. The topological polar surface area (TPSA) is 95.1 Å². The van der Waals surface area contributed by atoms with Crippen molar-refractivity contribution in [3.8, 4) is 17.1 Å². The summed E-state index contributed by atoms with van der Waals surface area (Å²) < 4.78 is 33.5. The molecular formula is C19H19F2N5O2S. The number of rotatable bonds is 7. The summed E-state index contributed by atoms with van der Waals surface area (Å²) in [5.41, 5.74) is 0.608. The van der Waals surface area contributed by atoms with E-state index in [0.29, 0.717) is 28.4 Å². The number of carbonyl (C=O) groups excluding carboxylic acids is 1. The third-order valence-corrected chi connectivity index (χ3v) is 4.61. The molecule has 7 nitrogen and oxygen atoms in total. The highest BCUT2D eigenvalue weighted by Crippen LogP contribution is 2.25. The number of amides is 1. The van der Waals surface area contributed by atoms with Crippen molar-refractivity contribution in [2.75, 3.05) is 16.9 Å². The van der Waals surface area contributed by atoms with Crippen LogP contribution in [0.2, 0.25) is 0 Å². The molecule has 0 radical (unpaired) electrons. The van der Waals surface area contributed by atoms with Crippen LogP contribution in [0.4, 0.5) is 14.5 Å². The maximum atomic E-state index is 13.6. The molecule has 0 spiro atoms. The van der Waals surface area contributed by atoms with Gasteiger partial charge < -0.3 is 15.9 Å². The van der Waals surface area contributed by atoms with Crippen molar-refractivity contribution in [1.29, 1.82) is 0 Å². The SMILES string of the molecule is CC(C)Oc1cccc(-c2nnc(SCC(=O)Nc3ccc(F)cc3F)n2N)c1. The van der Waals surface area contributed by atoms with Gasteiger partial charge in [0.25, 0.3) is 0 Å². The highest BCUT2D eigenvalue weighted by Gasteiger charge is 2.15. The second-order valence-corrected chi connectivity index (χ2v) is 7.27. The number of hydrogen-bond donors (Lipinski definition) is 2. The van der Waals surface area contributed by atoms with Crippen molar-refractivity contribution in [2.24, 2.45) is 0 Å². The highest BCUT2D eigenvalue weighted by atomic mass is 32.2. The maximum absolute atomic E-state index is 13.6. The number of aromatic nitrogens is 3. The number of hydrogen-bond acceptors (Lipinski definition) is 6. The third kappa shape index (κ3) is 5.23. The molecule has 0 atom stereocenters.